The summed E-state index contributed by atoms with van der Waals surface area (Å²) < 4.78 is 8.45. The van der Waals surface area contributed by atoms with Gasteiger partial charge in [-0.2, -0.15) is 0 Å². The monoisotopic (exact) mass is 247 g/mol. The Bertz CT molecular complexity index is 608. The number of methoxy groups -OCH3 is 1. The molecular weight excluding hydrogens is 230 g/mol. The third kappa shape index (κ3) is 1.77. The Morgan fingerprint density at radius 3 is 2.33 bits per heavy atom. The van der Waals surface area contributed by atoms with Gasteiger partial charge in [0.25, 0.3) is 5.56 Å². The van der Waals surface area contributed by atoms with Crippen LogP contribution in [0.25, 0.3) is 5.69 Å². The van der Waals surface area contributed by atoms with Crippen LogP contribution in [0.1, 0.15) is 12.6 Å². The van der Waals surface area contributed by atoms with Gasteiger partial charge in [-0.1, -0.05) is 6.92 Å². The second kappa shape index (κ2) is 4.60. The predicted molar refractivity (Wildman–Crippen MR) is 71.4 cm³/mol. The lowest BCUT2D eigenvalue weighted by Gasteiger charge is -2.09. The largest absolute Gasteiger partial charge is 0.497 e. The van der Waals surface area contributed by atoms with E-state index < -0.39 is 0 Å². The maximum absolute atomic E-state index is 12.1. The number of nitrogen functional groups attached to an aromatic ring is 1. The SMILES string of the molecule is CCc1c(N)c(=O)n(-c2ccc(OC)cc2)n1C. The molecule has 0 aliphatic carbocycles. The zero-order valence-electron chi connectivity index (χ0n) is 10.8. The van der Waals surface area contributed by atoms with E-state index in [4.69, 9.17) is 10.5 Å². The Labute approximate surface area is 105 Å². The highest BCUT2D eigenvalue weighted by atomic mass is 16.5. The topological polar surface area (TPSA) is 62.2 Å². The number of hydrogen-bond donors (Lipinski definition) is 1. The van der Waals surface area contributed by atoms with Crippen LogP contribution in [0.5, 0.6) is 5.75 Å². The van der Waals surface area contributed by atoms with Crippen molar-refractivity contribution >= 4 is 5.69 Å². The normalized spacial score (nSPS) is 10.6. The van der Waals surface area contributed by atoms with Crippen molar-refractivity contribution < 1.29 is 4.74 Å². The Balaban J connectivity index is 2.60. The standard InChI is InChI=1S/C13H17N3O2/c1-4-11-12(14)13(17)16(15(11)2)9-5-7-10(18-3)8-6-9/h5-8H,4,14H2,1-3H3. The van der Waals surface area contributed by atoms with E-state index in [1.54, 1.807) is 16.5 Å². The second-order valence-corrected chi connectivity index (χ2v) is 4.05. The molecule has 5 heteroatoms. The lowest BCUT2D eigenvalue weighted by atomic mass is 10.3. The van der Waals surface area contributed by atoms with E-state index in [-0.39, 0.29) is 5.56 Å². The lowest BCUT2D eigenvalue weighted by Crippen LogP contribution is -2.20. The molecule has 1 aromatic heterocycles. The average molecular weight is 247 g/mol. The number of nitrogens with zero attached hydrogens (tertiary/aromatic N) is 2. The van der Waals surface area contributed by atoms with E-state index in [9.17, 15) is 4.79 Å². The molecule has 0 fully saturated rings. The summed E-state index contributed by atoms with van der Waals surface area (Å²) in [4.78, 5) is 12.1. The van der Waals surface area contributed by atoms with Crippen molar-refractivity contribution in [3.8, 4) is 11.4 Å². The zero-order valence-corrected chi connectivity index (χ0v) is 10.8. The van der Waals surface area contributed by atoms with Crippen LogP contribution in [0, 0.1) is 0 Å². The molecule has 1 aromatic carbocycles. The van der Waals surface area contributed by atoms with Gasteiger partial charge in [0.05, 0.1) is 18.5 Å². The van der Waals surface area contributed by atoms with Gasteiger partial charge in [0.15, 0.2) is 0 Å². The smallest absolute Gasteiger partial charge is 0.294 e. The molecule has 18 heavy (non-hydrogen) atoms. The van der Waals surface area contributed by atoms with Crippen molar-refractivity contribution in [1.29, 1.82) is 0 Å². The van der Waals surface area contributed by atoms with Crippen molar-refractivity contribution in [2.75, 3.05) is 12.8 Å². The highest BCUT2D eigenvalue weighted by Crippen LogP contribution is 2.16. The summed E-state index contributed by atoms with van der Waals surface area (Å²) in [5.41, 5.74) is 7.58. The quantitative estimate of drug-likeness (QED) is 0.890. The Morgan fingerprint density at radius 2 is 1.89 bits per heavy atom. The Hall–Kier alpha value is -2.17. The van der Waals surface area contributed by atoms with Gasteiger partial charge in [0.2, 0.25) is 0 Å². The van der Waals surface area contributed by atoms with Gasteiger partial charge in [-0.25, -0.2) is 4.68 Å². The lowest BCUT2D eigenvalue weighted by molar-refractivity contribution is 0.414. The molecule has 0 spiro atoms. The summed E-state index contributed by atoms with van der Waals surface area (Å²) in [5.74, 6) is 0.754. The van der Waals surface area contributed by atoms with Crippen molar-refractivity contribution in [3.63, 3.8) is 0 Å². The minimum absolute atomic E-state index is 0.181. The van der Waals surface area contributed by atoms with Gasteiger partial charge in [0.1, 0.15) is 11.4 Å². The summed E-state index contributed by atoms with van der Waals surface area (Å²) in [6.45, 7) is 1.98. The van der Waals surface area contributed by atoms with Gasteiger partial charge in [-0.05, 0) is 30.7 Å². The van der Waals surface area contributed by atoms with Crippen LogP contribution in [0.15, 0.2) is 29.1 Å². The van der Waals surface area contributed by atoms with Crippen LogP contribution in [-0.2, 0) is 13.5 Å². The van der Waals surface area contributed by atoms with Crippen LogP contribution in [0.3, 0.4) is 0 Å². The first-order valence-electron chi connectivity index (χ1n) is 5.81. The molecule has 0 atom stereocenters. The van der Waals surface area contributed by atoms with Crippen LogP contribution < -0.4 is 16.0 Å². The van der Waals surface area contributed by atoms with Gasteiger partial charge in [0, 0.05) is 7.05 Å². The van der Waals surface area contributed by atoms with Crippen LogP contribution >= 0.6 is 0 Å². The molecule has 0 radical (unpaired) electrons. The number of nitrogens with two attached hydrogens (primary N) is 1. The van der Waals surface area contributed by atoms with Crippen LogP contribution in [-0.4, -0.2) is 16.5 Å². The molecular formula is C13H17N3O2. The fourth-order valence-corrected chi connectivity index (χ4v) is 2.10. The highest BCUT2D eigenvalue weighted by Gasteiger charge is 2.14. The van der Waals surface area contributed by atoms with Crippen molar-refractivity contribution in [1.82, 2.24) is 9.36 Å². The summed E-state index contributed by atoms with van der Waals surface area (Å²) in [6.07, 6.45) is 0.723. The first-order chi connectivity index (χ1) is 8.60. The number of anilines is 1. The van der Waals surface area contributed by atoms with Gasteiger partial charge in [-0.3, -0.25) is 9.48 Å². The predicted octanol–water partition coefficient (Wildman–Crippen LogP) is 1.33. The Morgan fingerprint density at radius 1 is 1.28 bits per heavy atom. The number of rotatable bonds is 3. The number of hydrogen-bond acceptors (Lipinski definition) is 3. The summed E-state index contributed by atoms with van der Waals surface area (Å²) >= 11 is 0. The average Bonchev–Trinajstić information content (AvgIpc) is 2.60. The summed E-state index contributed by atoms with van der Waals surface area (Å²) in [5, 5.41) is 0. The first-order valence-corrected chi connectivity index (χ1v) is 5.81. The van der Waals surface area contributed by atoms with E-state index in [1.165, 1.54) is 0 Å². The molecule has 0 aliphatic rings. The van der Waals surface area contributed by atoms with E-state index in [0.717, 1.165) is 23.6 Å². The Kier molecular flexibility index (Phi) is 3.14. The molecule has 0 saturated carbocycles. The molecule has 0 saturated heterocycles. The summed E-state index contributed by atoms with van der Waals surface area (Å²) in [7, 11) is 3.44. The number of aromatic nitrogens is 2. The molecule has 5 nitrogen and oxygen atoms in total. The zero-order chi connectivity index (χ0) is 13.3. The maximum Gasteiger partial charge on any atom is 0.294 e. The molecule has 0 unspecified atom stereocenters. The molecule has 2 rings (SSSR count). The van der Waals surface area contributed by atoms with Gasteiger partial charge < -0.3 is 10.5 Å². The minimum Gasteiger partial charge on any atom is -0.497 e. The molecule has 0 bridgehead atoms. The van der Waals surface area contributed by atoms with Crippen molar-refractivity contribution in [2.45, 2.75) is 13.3 Å². The molecule has 1 heterocycles. The molecule has 2 N–H and O–H groups in total. The molecule has 0 amide bonds. The second-order valence-electron chi connectivity index (χ2n) is 4.05. The van der Waals surface area contributed by atoms with Gasteiger partial charge in [-0.15, -0.1) is 0 Å². The van der Waals surface area contributed by atoms with Gasteiger partial charge >= 0.3 is 0 Å². The number of ether oxygens (including phenoxy) is 1. The highest BCUT2D eigenvalue weighted by molar-refractivity contribution is 5.46. The third-order valence-corrected chi connectivity index (χ3v) is 3.08. The fraction of sp³-hybridized carbons (Fsp3) is 0.308. The van der Waals surface area contributed by atoms with E-state index in [2.05, 4.69) is 0 Å². The third-order valence-electron chi connectivity index (χ3n) is 3.08. The minimum atomic E-state index is -0.181. The van der Waals surface area contributed by atoms with E-state index >= 15 is 0 Å². The van der Waals surface area contributed by atoms with Crippen molar-refractivity contribution in [2.24, 2.45) is 7.05 Å². The summed E-state index contributed by atoms with van der Waals surface area (Å²) in [6, 6.07) is 7.30. The fourth-order valence-electron chi connectivity index (χ4n) is 2.10. The van der Waals surface area contributed by atoms with Crippen LogP contribution in [0.4, 0.5) is 5.69 Å². The number of benzene rings is 1. The molecule has 2 aromatic rings. The van der Waals surface area contributed by atoms with E-state index in [1.807, 2.05) is 38.2 Å². The maximum atomic E-state index is 12.1. The van der Waals surface area contributed by atoms with E-state index in [0.29, 0.717) is 5.69 Å². The van der Waals surface area contributed by atoms with Crippen LogP contribution in [0.2, 0.25) is 0 Å². The first kappa shape index (κ1) is 12.3. The molecule has 96 valence electrons. The van der Waals surface area contributed by atoms with Crippen molar-refractivity contribution in [3.05, 3.63) is 40.3 Å². The molecule has 0 aliphatic heterocycles.